The number of carbonyl (C=O) groups excluding carboxylic acids is 1. The third-order valence-electron chi connectivity index (χ3n) is 6.07. The summed E-state index contributed by atoms with van der Waals surface area (Å²) in [5.74, 6) is 1.76. The maximum absolute atomic E-state index is 13.2. The molecule has 0 bridgehead atoms. The van der Waals surface area contributed by atoms with Crippen LogP contribution in [0, 0.1) is 5.82 Å². The van der Waals surface area contributed by atoms with Crippen molar-refractivity contribution in [3.8, 4) is 22.6 Å². The number of benzene rings is 1. The predicted octanol–water partition coefficient (Wildman–Crippen LogP) is 3.76. The summed E-state index contributed by atoms with van der Waals surface area (Å²) in [5, 5.41) is 8.47. The molecule has 0 N–H and O–H groups in total. The molecular weight excluding hydrogens is 449 g/mol. The molecule has 1 aliphatic heterocycles. The third-order valence-corrected chi connectivity index (χ3v) is 6.07. The first-order valence-corrected chi connectivity index (χ1v) is 11.5. The van der Waals surface area contributed by atoms with Crippen LogP contribution in [0.4, 0.5) is 10.2 Å². The van der Waals surface area contributed by atoms with Crippen molar-refractivity contribution in [2.75, 3.05) is 31.1 Å². The van der Waals surface area contributed by atoms with E-state index in [1.54, 1.807) is 36.1 Å². The van der Waals surface area contributed by atoms with Gasteiger partial charge in [0.25, 0.3) is 5.91 Å². The largest absolute Gasteiger partial charge is 0.353 e. The van der Waals surface area contributed by atoms with Gasteiger partial charge in [-0.05, 0) is 42.5 Å². The van der Waals surface area contributed by atoms with Crippen LogP contribution in [-0.4, -0.2) is 61.9 Å². The van der Waals surface area contributed by atoms with Gasteiger partial charge in [0.1, 0.15) is 17.3 Å². The van der Waals surface area contributed by atoms with Gasteiger partial charge in [0.15, 0.2) is 0 Å². The van der Waals surface area contributed by atoms with Crippen LogP contribution in [0.2, 0.25) is 0 Å². The SMILES string of the molecule is CC(C)c1nc(-c2ccc(N3CCN(C(=O)c4cc(-c5ccc(F)cc5)nn4C)CC3)nc2)no1. The topological polar surface area (TPSA) is 93.2 Å². The maximum atomic E-state index is 13.2. The van der Waals surface area contributed by atoms with Gasteiger partial charge >= 0.3 is 0 Å². The number of nitrogens with zero attached hydrogens (tertiary/aromatic N) is 7. The molecule has 1 aliphatic rings. The molecule has 3 aromatic heterocycles. The van der Waals surface area contributed by atoms with Crippen LogP contribution >= 0.6 is 0 Å². The first kappa shape index (κ1) is 22.7. The van der Waals surface area contributed by atoms with Crippen molar-refractivity contribution >= 4 is 11.7 Å². The number of hydrogen-bond donors (Lipinski definition) is 0. The van der Waals surface area contributed by atoms with E-state index in [-0.39, 0.29) is 17.6 Å². The Hall–Kier alpha value is -4.08. The fraction of sp³-hybridized carbons (Fsp3) is 0.320. The summed E-state index contributed by atoms with van der Waals surface area (Å²) in [7, 11) is 1.75. The Morgan fingerprint density at radius 3 is 2.37 bits per heavy atom. The summed E-state index contributed by atoms with van der Waals surface area (Å²) in [6.45, 7) is 6.48. The Morgan fingerprint density at radius 2 is 1.74 bits per heavy atom. The first-order valence-electron chi connectivity index (χ1n) is 11.5. The van der Waals surface area contributed by atoms with E-state index in [0.29, 0.717) is 49.3 Å². The number of pyridine rings is 1. The lowest BCUT2D eigenvalue weighted by Crippen LogP contribution is -2.49. The molecule has 0 unspecified atom stereocenters. The molecule has 35 heavy (non-hydrogen) atoms. The summed E-state index contributed by atoms with van der Waals surface area (Å²) >= 11 is 0. The summed E-state index contributed by atoms with van der Waals surface area (Å²) in [6.07, 6.45) is 1.74. The Bertz CT molecular complexity index is 1320. The Balaban J connectivity index is 1.22. The van der Waals surface area contributed by atoms with Gasteiger partial charge in [-0.3, -0.25) is 9.48 Å². The van der Waals surface area contributed by atoms with Crippen molar-refractivity contribution in [3.05, 3.63) is 66.1 Å². The number of aromatic nitrogens is 5. The van der Waals surface area contributed by atoms with E-state index in [9.17, 15) is 9.18 Å². The van der Waals surface area contributed by atoms with Crippen LogP contribution in [0.1, 0.15) is 36.1 Å². The number of amides is 1. The molecule has 1 saturated heterocycles. The molecule has 4 aromatic rings. The summed E-state index contributed by atoms with van der Waals surface area (Å²) < 4.78 is 20.1. The second kappa shape index (κ2) is 9.28. The smallest absolute Gasteiger partial charge is 0.272 e. The maximum Gasteiger partial charge on any atom is 0.272 e. The molecule has 4 heterocycles. The van der Waals surface area contributed by atoms with Crippen LogP contribution in [0.5, 0.6) is 0 Å². The molecular formula is C25H26FN7O2. The standard InChI is InChI=1S/C25H26FN7O2/c1-16(2)24-28-23(30-35-24)18-6-9-22(27-15-18)32-10-12-33(13-11-32)25(34)21-14-20(29-31(21)3)17-4-7-19(26)8-5-17/h4-9,14-16H,10-13H2,1-3H3. The highest BCUT2D eigenvalue weighted by atomic mass is 19.1. The number of halogens is 1. The van der Waals surface area contributed by atoms with Gasteiger partial charge in [0.2, 0.25) is 11.7 Å². The summed E-state index contributed by atoms with van der Waals surface area (Å²) in [4.78, 5) is 26.1. The number of hydrogen-bond acceptors (Lipinski definition) is 7. The number of carbonyl (C=O) groups is 1. The number of aryl methyl sites for hydroxylation is 1. The fourth-order valence-corrected chi connectivity index (χ4v) is 4.02. The van der Waals surface area contributed by atoms with E-state index in [0.717, 1.165) is 16.9 Å². The van der Waals surface area contributed by atoms with Crippen molar-refractivity contribution in [1.82, 2.24) is 29.8 Å². The summed E-state index contributed by atoms with van der Waals surface area (Å²) in [6, 6.07) is 11.7. The molecule has 1 aromatic carbocycles. The fourth-order valence-electron chi connectivity index (χ4n) is 4.02. The highest BCUT2D eigenvalue weighted by Crippen LogP contribution is 2.23. The minimum Gasteiger partial charge on any atom is -0.353 e. The van der Waals surface area contributed by atoms with E-state index in [4.69, 9.17) is 4.52 Å². The highest BCUT2D eigenvalue weighted by molar-refractivity contribution is 5.94. The van der Waals surface area contributed by atoms with Gasteiger partial charge in [0, 0.05) is 56.5 Å². The van der Waals surface area contributed by atoms with Crippen molar-refractivity contribution in [2.45, 2.75) is 19.8 Å². The average Bonchev–Trinajstić information content (AvgIpc) is 3.52. The Morgan fingerprint density at radius 1 is 1.03 bits per heavy atom. The Labute approximate surface area is 202 Å². The lowest BCUT2D eigenvalue weighted by Gasteiger charge is -2.35. The van der Waals surface area contributed by atoms with E-state index >= 15 is 0 Å². The van der Waals surface area contributed by atoms with Gasteiger partial charge in [-0.25, -0.2) is 9.37 Å². The van der Waals surface area contributed by atoms with Crippen molar-refractivity contribution < 1.29 is 13.7 Å². The zero-order valence-corrected chi connectivity index (χ0v) is 19.8. The van der Waals surface area contributed by atoms with E-state index < -0.39 is 0 Å². The Kier molecular flexibility index (Phi) is 6.02. The molecule has 1 fully saturated rings. The van der Waals surface area contributed by atoms with Crippen LogP contribution in [-0.2, 0) is 7.05 Å². The lowest BCUT2D eigenvalue weighted by atomic mass is 10.1. The zero-order valence-electron chi connectivity index (χ0n) is 19.8. The predicted molar refractivity (Wildman–Crippen MR) is 128 cm³/mol. The van der Waals surface area contributed by atoms with Gasteiger partial charge in [-0.1, -0.05) is 19.0 Å². The quantitative estimate of drug-likeness (QED) is 0.434. The van der Waals surface area contributed by atoms with Gasteiger partial charge in [-0.15, -0.1) is 0 Å². The summed E-state index contributed by atoms with van der Waals surface area (Å²) in [5.41, 5.74) is 2.70. The van der Waals surface area contributed by atoms with Gasteiger partial charge in [-0.2, -0.15) is 10.1 Å². The van der Waals surface area contributed by atoms with Crippen LogP contribution in [0.3, 0.4) is 0 Å². The molecule has 1 amide bonds. The molecule has 10 heteroatoms. The second-order valence-electron chi connectivity index (χ2n) is 8.84. The monoisotopic (exact) mass is 475 g/mol. The van der Waals surface area contributed by atoms with Crippen molar-refractivity contribution in [2.24, 2.45) is 7.05 Å². The minimum atomic E-state index is -0.307. The lowest BCUT2D eigenvalue weighted by molar-refractivity contribution is 0.0735. The van der Waals surface area contributed by atoms with E-state index in [1.165, 1.54) is 12.1 Å². The molecule has 0 atom stereocenters. The van der Waals surface area contributed by atoms with Crippen LogP contribution < -0.4 is 4.90 Å². The third kappa shape index (κ3) is 4.64. The zero-order chi connectivity index (χ0) is 24.5. The van der Waals surface area contributed by atoms with Crippen LogP contribution in [0.15, 0.2) is 53.2 Å². The first-order chi connectivity index (χ1) is 16.9. The number of anilines is 1. The minimum absolute atomic E-state index is 0.0746. The van der Waals surface area contributed by atoms with E-state index in [2.05, 4.69) is 25.1 Å². The molecule has 0 saturated carbocycles. The second-order valence-corrected chi connectivity index (χ2v) is 8.84. The molecule has 0 radical (unpaired) electrons. The van der Waals surface area contributed by atoms with E-state index in [1.807, 2.05) is 30.9 Å². The molecule has 180 valence electrons. The molecule has 9 nitrogen and oxygen atoms in total. The van der Waals surface area contributed by atoms with Gasteiger partial charge in [0.05, 0.1) is 5.69 Å². The average molecular weight is 476 g/mol. The number of rotatable bonds is 5. The number of piperazine rings is 1. The molecule has 0 spiro atoms. The molecule has 0 aliphatic carbocycles. The molecule has 5 rings (SSSR count). The van der Waals surface area contributed by atoms with Crippen molar-refractivity contribution in [1.29, 1.82) is 0 Å². The highest BCUT2D eigenvalue weighted by Gasteiger charge is 2.25. The van der Waals surface area contributed by atoms with Crippen LogP contribution in [0.25, 0.3) is 22.6 Å². The normalized spacial score (nSPS) is 14.1. The van der Waals surface area contributed by atoms with Gasteiger partial charge < -0.3 is 14.3 Å². The van der Waals surface area contributed by atoms with Crippen molar-refractivity contribution in [3.63, 3.8) is 0 Å².